The summed E-state index contributed by atoms with van der Waals surface area (Å²) in [4.78, 5) is 23.9. The molecule has 0 aliphatic heterocycles. The van der Waals surface area contributed by atoms with E-state index in [4.69, 9.17) is 9.84 Å². The van der Waals surface area contributed by atoms with Gasteiger partial charge in [-0.05, 0) is 12.1 Å². The van der Waals surface area contributed by atoms with E-state index in [9.17, 15) is 9.59 Å². The standard InChI is InChI=1S/C13H18N2O4/c1-9(12(16)17)8-14-13(18)15(2)10-5-4-6-11(7-10)19-3/h4-7,9H,8H2,1-3H3,(H,14,18)(H,16,17). The van der Waals surface area contributed by atoms with Crippen molar-refractivity contribution in [2.45, 2.75) is 6.92 Å². The predicted molar refractivity (Wildman–Crippen MR) is 71.6 cm³/mol. The van der Waals surface area contributed by atoms with Crippen LogP contribution >= 0.6 is 0 Å². The highest BCUT2D eigenvalue weighted by atomic mass is 16.5. The number of rotatable bonds is 5. The van der Waals surface area contributed by atoms with Crippen LogP contribution in [0.2, 0.25) is 0 Å². The summed E-state index contributed by atoms with van der Waals surface area (Å²) in [5.74, 6) is -0.914. The molecular formula is C13H18N2O4. The van der Waals surface area contributed by atoms with E-state index in [1.807, 2.05) is 0 Å². The van der Waals surface area contributed by atoms with Crippen molar-refractivity contribution in [3.8, 4) is 5.75 Å². The quantitative estimate of drug-likeness (QED) is 0.847. The second kappa shape index (κ2) is 6.63. The van der Waals surface area contributed by atoms with Crippen LogP contribution in [0.3, 0.4) is 0 Å². The van der Waals surface area contributed by atoms with E-state index in [-0.39, 0.29) is 12.6 Å². The van der Waals surface area contributed by atoms with E-state index in [1.165, 1.54) is 11.8 Å². The molecule has 1 aromatic carbocycles. The first-order valence-corrected chi connectivity index (χ1v) is 5.84. The summed E-state index contributed by atoms with van der Waals surface area (Å²) < 4.78 is 5.08. The fourth-order valence-corrected chi connectivity index (χ4v) is 1.38. The minimum Gasteiger partial charge on any atom is -0.497 e. The van der Waals surface area contributed by atoms with E-state index in [0.717, 1.165) is 0 Å². The number of ether oxygens (including phenoxy) is 1. The molecule has 2 N–H and O–H groups in total. The number of amides is 2. The molecule has 0 aliphatic rings. The largest absolute Gasteiger partial charge is 0.497 e. The van der Waals surface area contributed by atoms with Gasteiger partial charge in [0.05, 0.1) is 13.0 Å². The SMILES string of the molecule is COc1cccc(N(C)C(=O)NCC(C)C(=O)O)c1. The van der Waals surface area contributed by atoms with Gasteiger partial charge < -0.3 is 15.2 Å². The first-order chi connectivity index (χ1) is 8.95. The molecule has 0 saturated carbocycles. The van der Waals surface area contributed by atoms with E-state index in [2.05, 4.69) is 5.32 Å². The fourth-order valence-electron chi connectivity index (χ4n) is 1.38. The second-order valence-electron chi connectivity index (χ2n) is 4.19. The Bertz CT molecular complexity index is 462. The van der Waals surface area contributed by atoms with Crippen LogP contribution in [0.25, 0.3) is 0 Å². The number of carboxylic acid groups (broad SMARTS) is 1. The lowest BCUT2D eigenvalue weighted by Gasteiger charge is -2.19. The normalized spacial score (nSPS) is 11.5. The smallest absolute Gasteiger partial charge is 0.321 e. The Balaban J connectivity index is 2.63. The molecule has 1 aromatic rings. The third-order valence-corrected chi connectivity index (χ3v) is 2.73. The van der Waals surface area contributed by atoms with Crippen LogP contribution in [0.1, 0.15) is 6.92 Å². The van der Waals surface area contributed by atoms with Gasteiger partial charge in [-0.25, -0.2) is 4.79 Å². The number of aliphatic carboxylic acids is 1. The Morgan fingerprint density at radius 3 is 2.74 bits per heavy atom. The van der Waals surface area contributed by atoms with Crippen molar-refractivity contribution in [2.75, 3.05) is 25.6 Å². The van der Waals surface area contributed by atoms with Crippen molar-refractivity contribution < 1.29 is 19.4 Å². The number of nitrogens with one attached hydrogen (secondary N) is 1. The van der Waals surface area contributed by atoms with Crippen LogP contribution in [0.15, 0.2) is 24.3 Å². The third-order valence-electron chi connectivity index (χ3n) is 2.73. The Morgan fingerprint density at radius 2 is 2.16 bits per heavy atom. The van der Waals surface area contributed by atoms with Crippen molar-refractivity contribution >= 4 is 17.7 Å². The number of carbonyl (C=O) groups is 2. The van der Waals surface area contributed by atoms with Gasteiger partial charge in [0.2, 0.25) is 0 Å². The predicted octanol–water partition coefficient (Wildman–Crippen LogP) is 1.56. The number of carbonyl (C=O) groups excluding carboxylic acids is 1. The van der Waals surface area contributed by atoms with Crippen molar-refractivity contribution in [1.29, 1.82) is 0 Å². The number of hydrogen-bond donors (Lipinski definition) is 2. The number of methoxy groups -OCH3 is 1. The van der Waals surface area contributed by atoms with Gasteiger partial charge in [-0.1, -0.05) is 13.0 Å². The molecule has 0 fully saturated rings. The minimum atomic E-state index is -0.940. The van der Waals surface area contributed by atoms with Crippen LogP contribution in [0, 0.1) is 5.92 Å². The minimum absolute atomic E-state index is 0.0858. The van der Waals surface area contributed by atoms with Gasteiger partial charge in [0.15, 0.2) is 0 Å². The summed E-state index contributed by atoms with van der Waals surface area (Å²) in [7, 11) is 3.16. The van der Waals surface area contributed by atoms with Gasteiger partial charge in [0, 0.05) is 25.3 Å². The molecule has 0 radical (unpaired) electrons. The number of nitrogens with zero attached hydrogens (tertiary/aromatic N) is 1. The molecule has 6 nitrogen and oxygen atoms in total. The summed E-state index contributed by atoms with van der Waals surface area (Å²) in [6, 6.07) is 6.68. The van der Waals surface area contributed by atoms with Gasteiger partial charge in [-0.2, -0.15) is 0 Å². The van der Waals surface area contributed by atoms with Gasteiger partial charge >= 0.3 is 12.0 Å². The van der Waals surface area contributed by atoms with Gasteiger partial charge in [0.25, 0.3) is 0 Å². The third kappa shape index (κ3) is 4.17. The van der Waals surface area contributed by atoms with E-state index < -0.39 is 11.9 Å². The Morgan fingerprint density at radius 1 is 1.47 bits per heavy atom. The zero-order valence-corrected chi connectivity index (χ0v) is 11.2. The fraction of sp³-hybridized carbons (Fsp3) is 0.385. The highest BCUT2D eigenvalue weighted by Crippen LogP contribution is 2.19. The summed E-state index contributed by atoms with van der Waals surface area (Å²) in [6.07, 6.45) is 0. The Labute approximate surface area is 112 Å². The average molecular weight is 266 g/mol. The van der Waals surface area contributed by atoms with E-state index in [1.54, 1.807) is 38.4 Å². The second-order valence-corrected chi connectivity index (χ2v) is 4.19. The average Bonchev–Trinajstić information content (AvgIpc) is 2.43. The Kier molecular flexibility index (Phi) is 5.17. The highest BCUT2D eigenvalue weighted by Gasteiger charge is 2.15. The summed E-state index contributed by atoms with van der Waals surface area (Å²) in [5, 5.41) is 11.3. The molecular weight excluding hydrogens is 248 g/mol. The van der Waals surface area contributed by atoms with Crippen LogP contribution in [0.5, 0.6) is 5.75 Å². The van der Waals surface area contributed by atoms with Crippen LogP contribution in [-0.2, 0) is 4.79 Å². The maximum absolute atomic E-state index is 11.9. The molecule has 0 heterocycles. The molecule has 0 spiro atoms. The monoisotopic (exact) mass is 266 g/mol. The first-order valence-electron chi connectivity index (χ1n) is 5.84. The molecule has 6 heteroatoms. The molecule has 1 rings (SSSR count). The lowest BCUT2D eigenvalue weighted by atomic mass is 10.2. The molecule has 0 saturated heterocycles. The topological polar surface area (TPSA) is 78.9 Å². The Hall–Kier alpha value is -2.24. The number of urea groups is 1. The number of benzene rings is 1. The van der Waals surface area contributed by atoms with Crippen LogP contribution in [-0.4, -0.2) is 37.8 Å². The van der Waals surface area contributed by atoms with Gasteiger partial charge in [-0.15, -0.1) is 0 Å². The van der Waals surface area contributed by atoms with Gasteiger partial charge in [0.1, 0.15) is 5.75 Å². The van der Waals surface area contributed by atoms with Crippen molar-refractivity contribution in [3.63, 3.8) is 0 Å². The molecule has 0 aromatic heterocycles. The highest BCUT2D eigenvalue weighted by molar-refractivity contribution is 5.91. The van der Waals surface area contributed by atoms with Crippen molar-refractivity contribution in [3.05, 3.63) is 24.3 Å². The van der Waals surface area contributed by atoms with Gasteiger partial charge in [-0.3, -0.25) is 9.69 Å². The zero-order chi connectivity index (χ0) is 14.4. The van der Waals surface area contributed by atoms with E-state index >= 15 is 0 Å². The van der Waals surface area contributed by atoms with Crippen LogP contribution < -0.4 is 15.0 Å². The summed E-state index contributed by atoms with van der Waals surface area (Å²) in [5.41, 5.74) is 0.667. The van der Waals surface area contributed by atoms with Crippen molar-refractivity contribution in [1.82, 2.24) is 5.32 Å². The molecule has 1 atom stereocenters. The first kappa shape index (κ1) is 14.8. The van der Waals surface area contributed by atoms with Crippen molar-refractivity contribution in [2.24, 2.45) is 5.92 Å². The molecule has 0 bridgehead atoms. The molecule has 0 aliphatic carbocycles. The summed E-state index contributed by atoms with van der Waals surface area (Å²) >= 11 is 0. The lowest BCUT2D eigenvalue weighted by molar-refractivity contribution is -0.140. The van der Waals surface area contributed by atoms with E-state index in [0.29, 0.717) is 11.4 Å². The number of anilines is 1. The zero-order valence-electron chi connectivity index (χ0n) is 11.2. The van der Waals surface area contributed by atoms with Crippen LogP contribution in [0.4, 0.5) is 10.5 Å². The number of carboxylic acids is 1. The molecule has 19 heavy (non-hydrogen) atoms. The maximum atomic E-state index is 11.9. The molecule has 2 amide bonds. The molecule has 104 valence electrons. The molecule has 1 unspecified atom stereocenters. The summed E-state index contributed by atoms with van der Waals surface area (Å²) in [6.45, 7) is 1.62. The maximum Gasteiger partial charge on any atom is 0.321 e. The lowest BCUT2D eigenvalue weighted by Crippen LogP contribution is -2.40. The number of hydrogen-bond acceptors (Lipinski definition) is 3.